The van der Waals surface area contributed by atoms with Gasteiger partial charge in [0.1, 0.15) is 11.6 Å². The highest BCUT2D eigenvalue weighted by atomic mass is 32.2. The van der Waals surface area contributed by atoms with E-state index in [0.717, 1.165) is 37.9 Å². The fraction of sp³-hybridized carbons (Fsp3) is 0.560. The molecule has 0 radical (unpaired) electrons. The van der Waals surface area contributed by atoms with E-state index in [1.807, 2.05) is 18.9 Å². The molecule has 4 rings (SSSR count). The van der Waals surface area contributed by atoms with Crippen molar-refractivity contribution in [2.45, 2.75) is 70.6 Å². The number of nitrogens with zero attached hydrogens (tertiary/aromatic N) is 5. The average Bonchev–Trinajstić information content (AvgIpc) is 3.26. The molecular weight excluding hydrogens is 480 g/mol. The minimum atomic E-state index is -3.81. The van der Waals surface area contributed by atoms with Gasteiger partial charge >= 0.3 is 0 Å². The summed E-state index contributed by atoms with van der Waals surface area (Å²) in [4.78, 5) is 20.8. The van der Waals surface area contributed by atoms with E-state index in [0.29, 0.717) is 55.1 Å². The Morgan fingerprint density at radius 2 is 1.89 bits per heavy atom. The van der Waals surface area contributed by atoms with E-state index in [-0.39, 0.29) is 16.3 Å². The highest BCUT2D eigenvalue weighted by molar-refractivity contribution is 7.89. The van der Waals surface area contributed by atoms with Crippen LogP contribution in [0.4, 0.5) is 0 Å². The minimum absolute atomic E-state index is 0.114. The van der Waals surface area contributed by atoms with Crippen molar-refractivity contribution in [3.8, 4) is 17.1 Å². The zero-order chi connectivity index (χ0) is 25.9. The molecule has 0 atom stereocenters. The number of ether oxygens (including phenoxy) is 1. The Balaban J connectivity index is 1.84. The van der Waals surface area contributed by atoms with Gasteiger partial charge in [-0.15, -0.1) is 9.51 Å². The Morgan fingerprint density at radius 3 is 2.56 bits per heavy atom. The first-order chi connectivity index (χ1) is 17.3. The first-order valence-corrected chi connectivity index (χ1v) is 14.3. The fourth-order valence-electron chi connectivity index (χ4n) is 4.60. The SMILES string of the molecule is CCCCc1nc(CC)c2c(=O)[nH]c(-c3cc(S(=O)(=O)N(C)N4CCCCC4)ccc3OCC)nn12. The van der Waals surface area contributed by atoms with Crippen molar-refractivity contribution in [3.63, 3.8) is 0 Å². The monoisotopic (exact) mass is 516 g/mol. The Kier molecular flexibility index (Phi) is 8.11. The van der Waals surface area contributed by atoms with Gasteiger partial charge in [0, 0.05) is 26.6 Å². The van der Waals surface area contributed by atoms with Crippen LogP contribution in [0.1, 0.15) is 64.4 Å². The molecule has 36 heavy (non-hydrogen) atoms. The number of hydrogen-bond acceptors (Lipinski definition) is 7. The van der Waals surface area contributed by atoms with E-state index in [1.54, 1.807) is 23.7 Å². The Morgan fingerprint density at radius 1 is 1.14 bits per heavy atom. The van der Waals surface area contributed by atoms with E-state index < -0.39 is 10.0 Å². The molecule has 11 heteroatoms. The Bertz CT molecular complexity index is 1380. The van der Waals surface area contributed by atoms with Gasteiger partial charge in [-0.3, -0.25) is 4.79 Å². The summed E-state index contributed by atoms with van der Waals surface area (Å²) in [6.07, 6.45) is 6.25. The van der Waals surface area contributed by atoms with Crippen LogP contribution in [0.3, 0.4) is 0 Å². The largest absolute Gasteiger partial charge is 0.493 e. The van der Waals surface area contributed by atoms with E-state index in [2.05, 4.69) is 16.9 Å². The normalized spacial score (nSPS) is 15.1. The molecule has 0 spiro atoms. The number of hydrazine groups is 1. The topological polar surface area (TPSA) is 113 Å². The molecule has 1 saturated heterocycles. The van der Waals surface area contributed by atoms with Gasteiger partial charge in [0.15, 0.2) is 11.3 Å². The zero-order valence-electron chi connectivity index (χ0n) is 21.6. The summed E-state index contributed by atoms with van der Waals surface area (Å²) in [5.74, 6) is 1.42. The van der Waals surface area contributed by atoms with Crippen molar-refractivity contribution >= 4 is 15.5 Å². The number of hydrogen-bond donors (Lipinski definition) is 1. The van der Waals surface area contributed by atoms with Crippen LogP contribution in [0.5, 0.6) is 5.75 Å². The number of piperidine rings is 1. The lowest BCUT2D eigenvalue weighted by atomic mass is 10.2. The summed E-state index contributed by atoms with van der Waals surface area (Å²) in [5.41, 5.74) is 1.23. The van der Waals surface area contributed by atoms with Gasteiger partial charge in [0.05, 0.1) is 22.8 Å². The average molecular weight is 517 g/mol. The van der Waals surface area contributed by atoms with Gasteiger partial charge < -0.3 is 9.72 Å². The van der Waals surface area contributed by atoms with Crippen LogP contribution in [0, 0.1) is 0 Å². The molecule has 1 aliphatic heterocycles. The standard InChI is InChI=1S/C25H36N6O4S/c1-5-8-12-22-26-20(6-2)23-25(32)27-24(28-31(22)23)19-17-18(13-14-21(19)35-7-3)36(33,34)29(4)30-15-10-9-11-16-30/h13-14,17H,5-12,15-16H2,1-4H3,(H,27,28,32). The Labute approximate surface area is 212 Å². The molecule has 0 saturated carbocycles. The van der Waals surface area contributed by atoms with Crippen molar-refractivity contribution in [2.24, 2.45) is 0 Å². The second kappa shape index (κ2) is 11.1. The number of nitrogens with one attached hydrogen (secondary N) is 1. The number of imidazole rings is 1. The number of benzene rings is 1. The second-order valence-electron chi connectivity index (χ2n) is 9.04. The molecule has 1 N–H and O–H groups in total. The molecular formula is C25H36N6O4S. The minimum Gasteiger partial charge on any atom is -0.493 e. The van der Waals surface area contributed by atoms with Crippen LogP contribution in [0.25, 0.3) is 16.9 Å². The zero-order valence-corrected chi connectivity index (χ0v) is 22.4. The summed E-state index contributed by atoms with van der Waals surface area (Å²) < 4.78 is 35.8. The van der Waals surface area contributed by atoms with Crippen LogP contribution in [0.15, 0.2) is 27.9 Å². The molecule has 0 amide bonds. The number of rotatable bonds is 10. The maximum absolute atomic E-state index is 13.5. The predicted octanol–water partition coefficient (Wildman–Crippen LogP) is 3.41. The third kappa shape index (κ3) is 5.05. The number of sulfonamides is 1. The van der Waals surface area contributed by atoms with Crippen LogP contribution in [-0.4, -0.2) is 64.2 Å². The number of fused-ring (bicyclic) bond motifs is 1. The molecule has 0 aliphatic carbocycles. The van der Waals surface area contributed by atoms with Crippen molar-refractivity contribution in [1.29, 1.82) is 0 Å². The molecule has 0 bridgehead atoms. The number of unbranched alkanes of at least 4 members (excludes halogenated alkanes) is 1. The number of aryl methyl sites for hydroxylation is 2. The van der Waals surface area contributed by atoms with Gasteiger partial charge in [-0.2, -0.15) is 0 Å². The van der Waals surface area contributed by atoms with Crippen LogP contribution < -0.4 is 10.3 Å². The molecule has 10 nitrogen and oxygen atoms in total. The highest BCUT2D eigenvalue weighted by Crippen LogP contribution is 2.32. The molecule has 1 aromatic carbocycles. The molecule has 1 aliphatic rings. The molecule has 196 valence electrons. The van der Waals surface area contributed by atoms with E-state index in [9.17, 15) is 13.2 Å². The second-order valence-corrected chi connectivity index (χ2v) is 11.0. The van der Waals surface area contributed by atoms with Crippen LogP contribution in [0.2, 0.25) is 0 Å². The maximum Gasteiger partial charge on any atom is 0.277 e. The van der Waals surface area contributed by atoms with Crippen LogP contribution >= 0.6 is 0 Å². The quantitative estimate of drug-likeness (QED) is 0.439. The summed E-state index contributed by atoms with van der Waals surface area (Å²) in [6.45, 7) is 7.69. The lowest BCUT2D eigenvalue weighted by Gasteiger charge is -2.33. The van der Waals surface area contributed by atoms with Crippen molar-refractivity contribution in [1.82, 2.24) is 29.0 Å². The molecule has 3 heterocycles. The highest BCUT2D eigenvalue weighted by Gasteiger charge is 2.29. The predicted molar refractivity (Wildman–Crippen MR) is 139 cm³/mol. The number of H-pyrrole nitrogens is 1. The van der Waals surface area contributed by atoms with Gasteiger partial charge in [-0.1, -0.05) is 26.7 Å². The molecule has 0 unspecified atom stereocenters. The summed E-state index contributed by atoms with van der Waals surface area (Å²) in [6, 6.07) is 4.71. The first-order valence-electron chi connectivity index (χ1n) is 12.8. The lowest BCUT2D eigenvalue weighted by molar-refractivity contribution is 0.0609. The van der Waals surface area contributed by atoms with Crippen molar-refractivity contribution in [3.05, 3.63) is 40.1 Å². The first kappa shape index (κ1) is 26.3. The van der Waals surface area contributed by atoms with E-state index >= 15 is 0 Å². The van der Waals surface area contributed by atoms with Crippen molar-refractivity contribution < 1.29 is 13.2 Å². The summed E-state index contributed by atoms with van der Waals surface area (Å²) >= 11 is 0. The number of aromatic amines is 1. The molecule has 3 aromatic rings. The van der Waals surface area contributed by atoms with Gasteiger partial charge in [-0.05, 0) is 50.8 Å². The Hall–Kier alpha value is -2.76. The summed E-state index contributed by atoms with van der Waals surface area (Å²) in [5, 5.41) is 6.59. The van der Waals surface area contributed by atoms with Gasteiger partial charge in [0.25, 0.3) is 15.6 Å². The van der Waals surface area contributed by atoms with E-state index in [1.165, 1.54) is 10.5 Å². The van der Waals surface area contributed by atoms with Crippen molar-refractivity contribution in [2.75, 3.05) is 26.7 Å². The molecule has 2 aromatic heterocycles. The van der Waals surface area contributed by atoms with E-state index in [4.69, 9.17) is 9.84 Å². The third-order valence-corrected chi connectivity index (χ3v) is 8.39. The smallest absolute Gasteiger partial charge is 0.277 e. The maximum atomic E-state index is 13.5. The van der Waals surface area contributed by atoms with Crippen LogP contribution in [-0.2, 0) is 22.9 Å². The number of aromatic nitrogens is 4. The van der Waals surface area contributed by atoms with Gasteiger partial charge in [-0.25, -0.2) is 22.9 Å². The third-order valence-electron chi connectivity index (χ3n) is 6.61. The molecule has 1 fully saturated rings. The lowest BCUT2D eigenvalue weighted by Crippen LogP contribution is -2.46. The fourth-order valence-corrected chi connectivity index (χ4v) is 5.88. The summed E-state index contributed by atoms with van der Waals surface area (Å²) in [7, 11) is -2.22. The van der Waals surface area contributed by atoms with Gasteiger partial charge in [0.2, 0.25) is 0 Å².